The van der Waals surface area contributed by atoms with Crippen molar-refractivity contribution in [2.75, 3.05) is 0 Å². The monoisotopic (exact) mass is 774 g/mol. The van der Waals surface area contributed by atoms with Crippen LogP contribution in [0.3, 0.4) is 0 Å². The summed E-state index contributed by atoms with van der Waals surface area (Å²) in [7, 11) is -11.7. The van der Waals surface area contributed by atoms with E-state index in [9.17, 15) is 26.3 Å². The molecule has 0 amide bonds. The van der Waals surface area contributed by atoms with Crippen LogP contribution in [0.25, 0.3) is 21.9 Å². The van der Waals surface area contributed by atoms with Gasteiger partial charge in [0, 0.05) is 0 Å². The fourth-order valence-electron chi connectivity index (χ4n) is 3.42. The minimum Gasteiger partial charge on any atom is -0.279 e. The predicted octanol–water partition coefficient (Wildman–Crippen LogP) is 8.83. The van der Waals surface area contributed by atoms with E-state index in [1.54, 1.807) is 23.3 Å². The Morgan fingerprint density at radius 3 is 1.56 bits per heavy atom. The van der Waals surface area contributed by atoms with E-state index in [4.69, 9.17) is 25.9 Å². The van der Waals surface area contributed by atoms with Crippen molar-refractivity contribution < 1.29 is 75.6 Å². The molecule has 1 aliphatic carbocycles. The molecule has 0 aliphatic heterocycles. The molecule has 248 valence electrons. The average Bonchev–Trinajstić information content (AvgIpc) is 3.36. The third-order valence-corrected chi connectivity index (χ3v) is 6.97. The van der Waals surface area contributed by atoms with Crippen molar-refractivity contribution >= 4 is 36.4 Å². The van der Waals surface area contributed by atoms with Crippen LogP contribution in [-0.4, -0.2) is 42.4 Å². The molecular formula is C29H34F6O6S2SiZr. The Morgan fingerprint density at radius 2 is 1.24 bits per heavy atom. The van der Waals surface area contributed by atoms with Crippen LogP contribution in [0.2, 0.25) is 13.1 Å². The number of hydrogen-bond donors (Lipinski definition) is 2. The van der Waals surface area contributed by atoms with Gasteiger partial charge in [0.05, 0.1) is 0 Å². The van der Waals surface area contributed by atoms with Gasteiger partial charge >= 0.3 is 73.1 Å². The van der Waals surface area contributed by atoms with Crippen molar-refractivity contribution in [1.29, 1.82) is 0 Å². The van der Waals surface area contributed by atoms with E-state index in [-0.39, 0.29) is 5.43 Å². The minimum absolute atomic E-state index is 0.210. The molecule has 0 fully saturated rings. The van der Waals surface area contributed by atoms with E-state index in [2.05, 4.69) is 114 Å². The quantitative estimate of drug-likeness (QED) is 0.0842. The van der Waals surface area contributed by atoms with E-state index in [0.717, 1.165) is 0 Å². The summed E-state index contributed by atoms with van der Waals surface area (Å²) in [5, 5.41) is 2.69. The predicted molar refractivity (Wildman–Crippen MR) is 162 cm³/mol. The molecule has 0 heterocycles. The van der Waals surface area contributed by atoms with Crippen molar-refractivity contribution in [1.82, 2.24) is 0 Å². The molecule has 16 heteroatoms. The van der Waals surface area contributed by atoms with E-state index in [0.29, 0.717) is 5.92 Å². The third-order valence-electron chi connectivity index (χ3n) is 5.80. The molecule has 2 N–H and O–H groups in total. The number of fused-ring (bicyclic) bond motifs is 1. The van der Waals surface area contributed by atoms with Crippen molar-refractivity contribution in [2.24, 2.45) is 5.92 Å². The Morgan fingerprint density at radius 1 is 0.822 bits per heavy atom. The number of halogens is 6. The SMILES string of the molecule is CC1=[C-]C(C)C(C)=C1C.C[Si](C)=[Zr+2].Cc1cc2c(-c3ccccc3)cccc2[cH-]1.O=S(=O)(O)C(F)(F)F.O=S(=O)(O)C(F)(F)F. The van der Waals surface area contributed by atoms with Gasteiger partial charge in [0.2, 0.25) is 0 Å². The summed E-state index contributed by atoms with van der Waals surface area (Å²) in [6.07, 6.45) is 3.36. The molecule has 45 heavy (non-hydrogen) atoms. The second-order valence-electron chi connectivity index (χ2n) is 9.85. The Bertz CT molecular complexity index is 1660. The fraction of sp³-hybridized carbons (Fsp3) is 0.345. The first-order chi connectivity index (χ1) is 20.2. The second-order valence-corrected chi connectivity index (χ2v) is 22.0. The molecule has 0 aromatic heterocycles. The maximum atomic E-state index is 10.7. The minimum atomic E-state index is -5.84. The van der Waals surface area contributed by atoms with Crippen molar-refractivity contribution in [3.63, 3.8) is 0 Å². The van der Waals surface area contributed by atoms with Crippen LogP contribution < -0.4 is 0 Å². The van der Waals surface area contributed by atoms with Crippen molar-refractivity contribution in [3.05, 3.63) is 89.0 Å². The molecule has 1 unspecified atom stereocenters. The van der Waals surface area contributed by atoms with Crippen LogP contribution in [0.15, 0.2) is 77.4 Å². The number of benzene rings is 2. The van der Waals surface area contributed by atoms with E-state index in [1.165, 1.54) is 44.2 Å². The number of aryl methyl sites for hydroxylation is 1. The number of allylic oxidation sites excluding steroid dienone is 4. The third kappa shape index (κ3) is 15.4. The topological polar surface area (TPSA) is 109 Å². The van der Waals surface area contributed by atoms with Crippen LogP contribution in [0.4, 0.5) is 26.3 Å². The molecule has 4 rings (SSSR count). The summed E-state index contributed by atoms with van der Waals surface area (Å²) in [5.41, 5.74) is -2.67. The summed E-state index contributed by atoms with van der Waals surface area (Å²) >= 11 is 1.74. The first-order valence-electron chi connectivity index (χ1n) is 12.8. The van der Waals surface area contributed by atoms with Crippen LogP contribution in [0.1, 0.15) is 33.3 Å². The molecule has 0 saturated heterocycles. The maximum Gasteiger partial charge on any atom is 0.522 e. The molecule has 3 aromatic carbocycles. The standard InChI is InChI=1S/C16H13.C9H13.C2H6Si.2CHF3O3S.Zr/c1-12-10-14-8-5-9-15(16(14)11-12)13-6-3-2-4-7-13;1-6-5-7(2)9(4)8(6)3;1-3-2;2*2-1(3,4)8(5,6)7;/h2-11H,1H3;6H,1-4H3;1-2H3;2*(H,5,6,7);/q2*-1;;;;+2. The number of alkyl halides is 6. The van der Waals surface area contributed by atoms with Gasteiger partial charge in [-0.05, 0) is 5.56 Å². The van der Waals surface area contributed by atoms with Crippen LogP contribution in [0, 0.1) is 18.9 Å². The molecule has 6 nitrogen and oxygen atoms in total. The smallest absolute Gasteiger partial charge is 0.279 e. The molecule has 3 aromatic rings. The fourth-order valence-corrected chi connectivity index (χ4v) is 3.42. The molecule has 1 aliphatic rings. The van der Waals surface area contributed by atoms with Gasteiger partial charge in [-0.1, -0.05) is 75.6 Å². The first-order valence-corrected chi connectivity index (χ1v) is 21.9. The molecular weight excluding hydrogens is 742 g/mol. The Hall–Kier alpha value is -1.97. The van der Waals surface area contributed by atoms with Gasteiger partial charge in [0.15, 0.2) is 0 Å². The Labute approximate surface area is 275 Å². The van der Waals surface area contributed by atoms with Gasteiger partial charge in [-0.3, -0.25) is 15.2 Å². The normalized spacial score (nSPS) is 14.9. The summed E-state index contributed by atoms with van der Waals surface area (Å²) in [6, 6.07) is 21.6. The zero-order valence-electron chi connectivity index (χ0n) is 25.5. The van der Waals surface area contributed by atoms with Gasteiger partial charge < -0.3 is 0 Å². The number of hydrogen-bond acceptors (Lipinski definition) is 4. The van der Waals surface area contributed by atoms with E-state index < -0.39 is 31.3 Å². The van der Waals surface area contributed by atoms with E-state index in [1.807, 2.05) is 0 Å². The van der Waals surface area contributed by atoms with Gasteiger partial charge in [0.25, 0.3) is 0 Å². The molecule has 0 bridgehead atoms. The van der Waals surface area contributed by atoms with Gasteiger partial charge in [-0.15, -0.1) is 41.5 Å². The van der Waals surface area contributed by atoms with Crippen molar-refractivity contribution in [2.45, 2.75) is 58.7 Å². The zero-order valence-corrected chi connectivity index (χ0v) is 30.6. The average molecular weight is 776 g/mol. The largest absolute Gasteiger partial charge is 0.522 e. The Kier molecular flexibility index (Phi) is 17.0. The van der Waals surface area contributed by atoms with Crippen LogP contribution in [-0.2, 0) is 43.6 Å². The first kappa shape index (κ1) is 43.0. The van der Waals surface area contributed by atoms with Gasteiger partial charge in [-0.25, -0.2) is 5.57 Å². The summed E-state index contributed by atoms with van der Waals surface area (Å²) < 4.78 is 115. The van der Waals surface area contributed by atoms with Gasteiger partial charge in [0.1, 0.15) is 0 Å². The molecule has 0 radical (unpaired) electrons. The summed E-state index contributed by atoms with van der Waals surface area (Å²) in [5.74, 6) is 0.560. The summed E-state index contributed by atoms with van der Waals surface area (Å²) in [6.45, 7) is 15.4. The second kappa shape index (κ2) is 17.8. The maximum absolute atomic E-state index is 10.7. The van der Waals surface area contributed by atoms with E-state index >= 15 is 0 Å². The summed E-state index contributed by atoms with van der Waals surface area (Å²) in [4.78, 5) is 0. The van der Waals surface area contributed by atoms with Crippen LogP contribution in [0.5, 0.6) is 0 Å². The molecule has 0 spiro atoms. The van der Waals surface area contributed by atoms with Crippen molar-refractivity contribution in [3.8, 4) is 11.1 Å². The zero-order chi connectivity index (χ0) is 35.6. The Balaban J connectivity index is 0.000000582. The number of rotatable bonds is 1. The van der Waals surface area contributed by atoms with Gasteiger partial charge in [-0.2, -0.15) is 60.4 Å². The molecule has 0 saturated carbocycles. The van der Waals surface area contributed by atoms with Crippen LogP contribution >= 0.6 is 0 Å². The molecule has 1 atom stereocenters.